The summed E-state index contributed by atoms with van der Waals surface area (Å²) < 4.78 is 0. The number of nitrogens with zero attached hydrogens (tertiary/aromatic N) is 2. The number of para-hydroxylation sites is 1. The Kier molecular flexibility index (Phi) is 4.24. The summed E-state index contributed by atoms with van der Waals surface area (Å²) in [5.41, 5.74) is 0.310. The summed E-state index contributed by atoms with van der Waals surface area (Å²) in [5.74, 6) is 0. The molecule has 0 fully saturated rings. The Morgan fingerprint density at radius 2 is 1.82 bits per heavy atom. The van der Waals surface area contributed by atoms with Crippen LogP contribution in [-0.4, -0.2) is 10.1 Å². The zero-order chi connectivity index (χ0) is 7.40. The molecule has 1 aromatic rings. The molecule has 0 atom stereocenters. The van der Waals surface area contributed by atoms with E-state index in [0.29, 0.717) is 5.69 Å². The van der Waals surface area contributed by atoms with Crippen LogP contribution in [0.4, 0.5) is 5.69 Å². The van der Waals surface area contributed by atoms with Crippen molar-refractivity contribution in [1.29, 1.82) is 0 Å². The summed E-state index contributed by atoms with van der Waals surface area (Å²) in [6, 6.07) is 8.24. The first kappa shape index (κ1) is 9.93. The molecule has 5 heteroatoms. The molecule has 1 rings (SSSR count). The molecule has 11 heavy (non-hydrogen) atoms. The van der Waals surface area contributed by atoms with E-state index in [1.54, 1.807) is 30.3 Å². The van der Waals surface area contributed by atoms with Crippen LogP contribution in [-0.2, 0) is 16.8 Å². The molecule has 0 saturated heterocycles. The average molecular weight is 197 g/mol. The van der Waals surface area contributed by atoms with Gasteiger partial charge in [-0.25, -0.2) is 0 Å². The molecule has 61 valence electrons. The Labute approximate surface area is 73.9 Å². The fraction of sp³-hybridized carbons (Fsp3) is 0. The van der Waals surface area contributed by atoms with Gasteiger partial charge in [-0.15, -0.1) is 0 Å². The minimum atomic E-state index is 0. The standard InChI is InChI=1S/C6H6N2O2.Co/c9-7-8(10)6-4-2-1-3-5-6;/h1-5,9H;. The van der Waals surface area contributed by atoms with Gasteiger partial charge >= 0.3 is 0 Å². The second-order valence-corrected chi connectivity index (χ2v) is 1.70. The van der Waals surface area contributed by atoms with Gasteiger partial charge in [0, 0.05) is 28.9 Å². The van der Waals surface area contributed by atoms with E-state index in [2.05, 4.69) is 5.28 Å². The normalized spacial score (nSPS) is 10.4. The molecule has 0 aromatic heterocycles. The fourth-order valence-electron chi connectivity index (χ4n) is 0.607. The minimum absolute atomic E-state index is 0. The zero-order valence-corrected chi connectivity index (χ0v) is 6.51. The summed E-state index contributed by atoms with van der Waals surface area (Å²) in [5, 5.41) is 21.0. The summed E-state index contributed by atoms with van der Waals surface area (Å²) in [6.45, 7) is 0. The van der Waals surface area contributed by atoms with Crippen LogP contribution in [0.2, 0.25) is 0 Å². The monoisotopic (exact) mass is 197 g/mol. The molecule has 0 aliphatic carbocycles. The molecule has 0 heterocycles. The number of rotatable bonds is 1. The zero-order valence-electron chi connectivity index (χ0n) is 5.47. The molecule has 4 nitrogen and oxygen atoms in total. The van der Waals surface area contributed by atoms with E-state index in [-0.39, 0.29) is 21.6 Å². The van der Waals surface area contributed by atoms with Gasteiger partial charge in [0.2, 0.25) is 11.0 Å². The molecular weight excluding hydrogens is 191 g/mol. The molecule has 1 radical (unpaired) electrons. The third-order valence-corrected chi connectivity index (χ3v) is 1.06. The van der Waals surface area contributed by atoms with Crippen LogP contribution in [0.15, 0.2) is 35.6 Å². The first-order valence-electron chi connectivity index (χ1n) is 2.72. The van der Waals surface area contributed by atoms with Gasteiger partial charge in [0.15, 0.2) is 0 Å². The van der Waals surface area contributed by atoms with E-state index >= 15 is 0 Å². The van der Waals surface area contributed by atoms with Crippen LogP contribution in [0.3, 0.4) is 0 Å². The van der Waals surface area contributed by atoms with Crippen molar-refractivity contribution >= 4 is 5.69 Å². The van der Waals surface area contributed by atoms with E-state index in [9.17, 15) is 5.21 Å². The Morgan fingerprint density at radius 1 is 1.27 bits per heavy atom. The van der Waals surface area contributed by atoms with Crippen LogP contribution in [0.25, 0.3) is 0 Å². The predicted molar refractivity (Wildman–Crippen MR) is 33.9 cm³/mol. The van der Waals surface area contributed by atoms with E-state index in [0.717, 1.165) is 0 Å². The molecule has 0 unspecified atom stereocenters. The first-order valence-corrected chi connectivity index (χ1v) is 2.72. The van der Waals surface area contributed by atoms with Crippen molar-refractivity contribution in [2.75, 3.05) is 0 Å². The van der Waals surface area contributed by atoms with Crippen LogP contribution in [0.1, 0.15) is 0 Å². The Morgan fingerprint density at radius 3 is 2.27 bits per heavy atom. The molecule has 0 saturated carbocycles. The molecule has 0 aliphatic heterocycles. The number of hydrogen-bond donors (Lipinski definition) is 1. The maximum atomic E-state index is 10.5. The summed E-state index contributed by atoms with van der Waals surface area (Å²) in [7, 11) is 0. The van der Waals surface area contributed by atoms with Crippen LogP contribution in [0.5, 0.6) is 0 Å². The maximum Gasteiger partial charge on any atom is 0.248 e. The third-order valence-electron chi connectivity index (χ3n) is 1.06. The van der Waals surface area contributed by atoms with Crippen molar-refractivity contribution < 1.29 is 26.8 Å². The number of benzene rings is 1. The van der Waals surface area contributed by atoms with Crippen molar-refractivity contribution in [3.63, 3.8) is 0 Å². The molecule has 1 aromatic carbocycles. The van der Waals surface area contributed by atoms with Gasteiger partial charge in [0.1, 0.15) is 0 Å². The molecule has 1 N–H and O–H groups in total. The minimum Gasteiger partial charge on any atom is -0.592 e. The van der Waals surface area contributed by atoms with Crippen LogP contribution < -0.4 is 0 Å². The van der Waals surface area contributed by atoms with E-state index < -0.39 is 0 Å². The second-order valence-electron chi connectivity index (χ2n) is 1.70. The largest absolute Gasteiger partial charge is 0.592 e. The van der Waals surface area contributed by atoms with Gasteiger partial charge in [-0.2, -0.15) is 0 Å². The number of hydrogen-bond acceptors (Lipinski definition) is 2. The first-order chi connectivity index (χ1) is 4.84. The van der Waals surface area contributed by atoms with Gasteiger partial charge < -0.3 is 10.4 Å². The smallest absolute Gasteiger partial charge is 0.248 e. The Bertz CT molecular complexity index is 238. The quantitative estimate of drug-likeness (QED) is 0.422. The molecule has 0 amide bonds. The SMILES string of the molecule is [Co].[O-][N+](=NO)c1ccccc1. The topological polar surface area (TPSA) is 58.7 Å². The average Bonchev–Trinajstić information content (AvgIpc) is 2.05. The van der Waals surface area contributed by atoms with Gasteiger partial charge in [0.05, 0.1) is 0 Å². The predicted octanol–water partition coefficient (Wildman–Crippen LogP) is 1.67. The van der Waals surface area contributed by atoms with Crippen molar-refractivity contribution in [2.24, 2.45) is 5.28 Å². The van der Waals surface area contributed by atoms with E-state index in [1.807, 2.05) is 0 Å². The van der Waals surface area contributed by atoms with Crippen molar-refractivity contribution in [1.82, 2.24) is 0 Å². The van der Waals surface area contributed by atoms with Gasteiger partial charge in [-0.3, -0.25) is 0 Å². The molecular formula is C6H6CoN2O2. The van der Waals surface area contributed by atoms with Crippen LogP contribution in [0, 0.1) is 5.21 Å². The summed E-state index contributed by atoms with van der Waals surface area (Å²) >= 11 is 0. The third kappa shape index (κ3) is 2.56. The Hall–Kier alpha value is -1.07. The summed E-state index contributed by atoms with van der Waals surface area (Å²) in [6.07, 6.45) is 0. The van der Waals surface area contributed by atoms with E-state index in [1.165, 1.54) is 0 Å². The summed E-state index contributed by atoms with van der Waals surface area (Å²) in [4.78, 5) is 0.139. The Balaban J connectivity index is 0.000001000. The fourth-order valence-corrected chi connectivity index (χ4v) is 0.607. The molecule has 0 bridgehead atoms. The molecule has 0 spiro atoms. The van der Waals surface area contributed by atoms with Crippen LogP contribution >= 0.6 is 0 Å². The second kappa shape index (κ2) is 4.70. The van der Waals surface area contributed by atoms with Crippen molar-refractivity contribution in [3.8, 4) is 0 Å². The van der Waals surface area contributed by atoms with E-state index in [4.69, 9.17) is 5.21 Å². The van der Waals surface area contributed by atoms with Crippen molar-refractivity contribution in [3.05, 3.63) is 35.5 Å². The molecule has 0 aliphatic rings. The van der Waals surface area contributed by atoms with Gasteiger partial charge in [0.25, 0.3) is 0 Å². The maximum absolute atomic E-state index is 10.5. The van der Waals surface area contributed by atoms with Gasteiger partial charge in [-0.1, -0.05) is 18.2 Å². The van der Waals surface area contributed by atoms with Gasteiger partial charge in [-0.05, 0) is 4.86 Å². The van der Waals surface area contributed by atoms with Crippen molar-refractivity contribution in [2.45, 2.75) is 0 Å².